The molecule has 0 bridgehead atoms. The summed E-state index contributed by atoms with van der Waals surface area (Å²) in [6, 6.07) is 9.15. The van der Waals surface area contributed by atoms with Crippen LogP contribution >= 0.6 is 0 Å². The lowest BCUT2D eigenvalue weighted by Gasteiger charge is -2.43. The van der Waals surface area contributed by atoms with Crippen molar-refractivity contribution in [1.29, 1.82) is 0 Å². The number of anilines is 1. The van der Waals surface area contributed by atoms with Gasteiger partial charge in [-0.05, 0) is 44.0 Å². The van der Waals surface area contributed by atoms with E-state index in [2.05, 4.69) is 15.2 Å². The fraction of sp³-hybridized carbons (Fsp3) is 0.500. The van der Waals surface area contributed by atoms with E-state index in [4.69, 9.17) is 0 Å². The van der Waals surface area contributed by atoms with Gasteiger partial charge in [-0.15, -0.1) is 0 Å². The second-order valence-electron chi connectivity index (χ2n) is 10.8. The molecule has 0 aliphatic carbocycles. The third-order valence-electron chi connectivity index (χ3n) is 7.72. The highest BCUT2D eigenvalue weighted by atomic mass is 19.1. The molecule has 1 aromatic heterocycles. The number of aromatic nitrogens is 1. The van der Waals surface area contributed by atoms with E-state index in [1.807, 2.05) is 31.2 Å². The molecule has 0 radical (unpaired) electrons. The third kappa shape index (κ3) is 5.09. The van der Waals surface area contributed by atoms with E-state index in [-0.39, 0.29) is 30.7 Å². The molecule has 0 spiro atoms. The molecule has 37 heavy (non-hydrogen) atoms. The van der Waals surface area contributed by atoms with Gasteiger partial charge in [0.1, 0.15) is 17.3 Å². The summed E-state index contributed by atoms with van der Waals surface area (Å²) in [5.41, 5.74) is 0.703. The Morgan fingerprint density at radius 2 is 1.86 bits per heavy atom. The predicted molar refractivity (Wildman–Crippen MR) is 137 cm³/mol. The van der Waals surface area contributed by atoms with Crippen LogP contribution in [0.1, 0.15) is 36.7 Å². The van der Waals surface area contributed by atoms with Crippen LogP contribution in [0.25, 0.3) is 10.9 Å². The lowest BCUT2D eigenvalue weighted by molar-refractivity contribution is 0.0162. The minimum absolute atomic E-state index is 0.0848. The minimum atomic E-state index is -1.94. The number of aliphatic hydroxyl groups is 1. The summed E-state index contributed by atoms with van der Waals surface area (Å²) in [4.78, 5) is 7.18. The van der Waals surface area contributed by atoms with Crippen LogP contribution in [0.2, 0.25) is 0 Å². The molecule has 5 nitrogen and oxygen atoms in total. The third-order valence-corrected chi connectivity index (χ3v) is 7.72. The topological polar surface area (TPSA) is 54.5 Å². The molecule has 2 aromatic carbocycles. The Kier molecular flexibility index (Phi) is 7.22. The van der Waals surface area contributed by atoms with Crippen molar-refractivity contribution in [3.63, 3.8) is 0 Å². The van der Waals surface area contributed by atoms with Gasteiger partial charge in [0.2, 0.25) is 0 Å². The highest BCUT2D eigenvalue weighted by molar-refractivity contribution is 5.85. The van der Waals surface area contributed by atoms with Gasteiger partial charge in [0.25, 0.3) is 0 Å². The summed E-state index contributed by atoms with van der Waals surface area (Å²) < 4.78 is 59.1. The Labute approximate surface area is 214 Å². The first kappa shape index (κ1) is 26.0. The molecule has 1 fully saturated rings. The Morgan fingerprint density at radius 3 is 2.54 bits per heavy atom. The van der Waals surface area contributed by atoms with Gasteiger partial charge in [0.05, 0.1) is 19.3 Å². The number of likely N-dealkylation sites (tertiary alicyclic amines) is 1. The maximum Gasteiger partial charge on any atom is 0.143 e. The zero-order chi connectivity index (χ0) is 26.3. The zero-order valence-electron chi connectivity index (χ0n) is 21.2. The number of alkyl halides is 2. The Morgan fingerprint density at radius 1 is 1.16 bits per heavy atom. The smallest absolute Gasteiger partial charge is 0.143 e. The Balaban J connectivity index is 1.47. The average molecular weight is 519 g/mol. The molecular weight excluding hydrogens is 484 g/mol. The first-order valence-corrected chi connectivity index (χ1v) is 12.9. The molecule has 3 N–H and O–H groups in total. The van der Waals surface area contributed by atoms with Crippen molar-refractivity contribution in [2.75, 3.05) is 51.3 Å². The summed E-state index contributed by atoms with van der Waals surface area (Å²) in [7, 11) is 0. The maximum absolute atomic E-state index is 15.7. The van der Waals surface area contributed by atoms with Gasteiger partial charge in [-0.2, -0.15) is 0 Å². The average Bonchev–Trinajstić information content (AvgIpc) is 3.20. The number of fused-ring (bicyclic) bond motifs is 3. The summed E-state index contributed by atoms with van der Waals surface area (Å²) in [6.45, 7) is 4.55. The van der Waals surface area contributed by atoms with Crippen LogP contribution in [-0.4, -0.2) is 77.6 Å². The van der Waals surface area contributed by atoms with Crippen LogP contribution in [-0.2, 0) is 6.42 Å². The molecule has 1 saturated heterocycles. The van der Waals surface area contributed by atoms with Crippen LogP contribution in [0, 0.1) is 17.6 Å². The van der Waals surface area contributed by atoms with Crippen molar-refractivity contribution in [2.45, 2.75) is 38.0 Å². The SMILES string of the molecule is C[C@@H]1Cc2c([nH]c3ccccc23)[C@@H](c2c(F)cc(NCCN3CC(CF)C3)cc2F)N1C[C@@](C)(F)CO. The van der Waals surface area contributed by atoms with E-state index in [1.54, 1.807) is 4.90 Å². The largest absolute Gasteiger partial charge is 0.393 e. The summed E-state index contributed by atoms with van der Waals surface area (Å²) in [5.74, 6) is -1.36. The molecule has 3 heterocycles. The summed E-state index contributed by atoms with van der Waals surface area (Å²) in [6.07, 6.45) is 0.583. The number of halogens is 4. The first-order valence-electron chi connectivity index (χ1n) is 12.9. The number of hydrogen-bond donors (Lipinski definition) is 3. The highest BCUT2D eigenvalue weighted by Gasteiger charge is 2.42. The van der Waals surface area contributed by atoms with Crippen LogP contribution in [0.3, 0.4) is 0 Å². The van der Waals surface area contributed by atoms with E-state index in [9.17, 15) is 9.50 Å². The standard InChI is InChI=1S/C28H34F4N4O/c1-17-9-21-20-5-3-4-6-24(20)34-26(21)27(36(17)15-28(2,32)16-37)25-22(30)10-19(11-23(25)31)33-7-8-35-13-18(12-29)14-35/h3-6,10-11,17-18,27,33-34,37H,7-9,12-16H2,1-2H3/t17-,27-,28-/m1/s1. The lowest BCUT2D eigenvalue weighted by atomic mass is 9.87. The molecule has 3 atom stereocenters. The number of aromatic amines is 1. The molecule has 2 aliphatic heterocycles. The monoisotopic (exact) mass is 518 g/mol. The van der Waals surface area contributed by atoms with E-state index in [1.165, 1.54) is 19.1 Å². The van der Waals surface area contributed by atoms with E-state index in [0.717, 1.165) is 16.5 Å². The van der Waals surface area contributed by atoms with Gasteiger partial charge in [0.15, 0.2) is 0 Å². The van der Waals surface area contributed by atoms with Crippen molar-refractivity contribution < 1.29 is 22.7 Å². The normalized spacial score (nSPS) is 22.6. The molecule has 5 rings (SSSR count). The quantitative estimate of drug-likeness (QED) is 0.356. The minimum Gasteiger partial charge on any atom is -0.393 e. The van der Waals surface area contributed by atoms with Gasteiger partial charge in [-0.3, -0.25) is 9.29 Å². The van der Waals surface area contributed by atoms with Crippen molar-refractivity contribution in [1.82, 2.24) is 14.8 Å². The molecule has 0 unspecified atom stereocenters. The number of rotatable bonds is 9. The van der Waals surface area contributed by atoms with Gasteiger partial charge < -0.3 is 20.3 Å². The number of nitrogens with one attached hydrogen (secondary N) is 2. The predicted octanol–water partition coefficient (Wildman–Crippen LogP) is 4.82. The molecule has 2 aliphatic rings. The fourth-order valence-electron chi connectivity index (χ4n) is 5.76. The lowest BCUT2D eigenvalue weighted by Crippen LogP contribution is -2.50. The molecule has 3 aromatic rings. The number of hydrogen-bond acceptors (Lipinski definition) is 4. The summed E-state index contributed by atoms with van der Waals surface area (Å²) >= 11 is 0. The maximum atomic E-state index is 15.7. The number of para-hydroxylation sites is 1. The number of H-pyrrole nitrogens is 1. The first-order chi connectivity index (χ1) is 17.7. The molecule has 0 amide bonds. The van der Waals surface area contributed by atoms with Gasteiger partial charge in [-0.1, -0.05) is 18.2 Å². The number of nitrogens with zero attached hydrogens (tertiary/aromatic N) is 2. The number of aliphatic hydroxyl groups excluding tert-OH is 1. The zero-order valence-corrected chi connectivity index (χ0v) is 21.2. The fourth-order valence-corrected chi connectivity index (χ4v) is 5.76. The van der Waals surface area contributed by atoms with Crippen LogP contribution in [0.4, 0.5) is 23.2 Å². The Hall–Kier alpha value is -2.62. The van der Waals surface area contributed by atoms with Crippen LogP contribution < -0.4 is 5.32 Å². The van der Waals surface area contributed by atoms with Crippen molar-refractivity contribution in [3.05, 3.63) is 64.9 Å². The van der Waals surface area contributed by atoms with Crippen molar-refractivity contribution >= 4 is 16.6 Å². The van der Waals surface area contributed by atoms with Crippen LogP contribution in [0.15, 0.2) is 36.4 Å². The van der Waals surface area contributed by atoms with E-state index >= 15 is 13.2 Å². The van der Waals surface area contributed by atoms with E-state index in [0.29, 0.717) is 44.0 Å². The molecule has 200 valence electrons. The number of benzene rings is 2. The Bertz CT molecular complexity index is 1230. The van der Waals surface area contributed by atoms with Gasteiger partial charge in [-0.25, -0.2) is 13.2 Å². The second kappa shape index (κ2) is 10.3. The highest BCUT2D eigenvalue weighted by Crippen LogP contribution is 2.43. The molecule has 9 heteroatoms. The summed E-state index contributed by atoms with van der Waals surface area (Å²) in [5, 5.41) is 13.7. The van der Waals surface area contributed by atoms with Crippen molar-refractivity contribution in [3.8, 4) is 0 Å². The molecule has 0 saturated carbocycles. The van der Waals surface area contributed by atoms with Gasteiger partial charge >= 0.3 is 0 Å². The molecular formula is C28H34F4N4O. The van der Waals surface area contributed by atoms with Crippen molar-refractivity contribution in [2.24, 2.45) is 5.92 Å². The van der Waals surface area contributed by atoms with Gasteiger partial charge in [0, 0.05) is 72.5 Å². The van der Waals surface area contributed by atoms with Crippen LogP contribution in [0.5, 0.6) is 0 Å². The van der Waals surface area contributed by atoms with E-state index < -0.39 is 30.0 Å². The second-order valence-corrected chi connectivity index (χ2v) is 10.8.